The summed E-state index contributed by atoms with van der Waals surface area (Å²) in [6.45, 7) is 0. The van der Waals surface area contributed by atoms with E-state index in [0.29, 0.717) is 0 Å². The summed E-state index contributed by atoms with van der Waals surface area (Å²) < 4.78 is 29.3. The van der Waals surface area contributed by atoms with Crippen LogP contribution in [0.25, 0.3) is 0 Å². The van der Waals surface area contributed by atoms with E-state index in [1.807, 2.05) is 0 Å². The van der Waals surface area contributed by atoms with Crippen molar-refractivity contribution in [2.75, 3.05) is 11.5 Å². The van der Waals surface area contributed by atoms with Gasteiger partial charge in [0.15, 0.2) is 9.84 Å². The third-order valence-electron chi connectivity index (χ3n) is 4.53. The van der Waals surface area contributed by atoms with Crippen LogP contribution in [0.4, 0.5) is 11.4 Å². The Morgan fingerprint density at radius 1 is 0.871 bits per heavy atom. The first-order valence-electron chi connectivity index (χ1n) is 8.77. The minimum atomic E-state index is -3.61. The second-order valence-corrected chi connectivity index (χ2v) is 8.86. The molecule has 2 atom stereocenters. The fourth-order valence-electron chi connectivity index (χ4n) is 2.98. The van der Waals surface area contributed by atoms with Gasteiger partial charge in [-0.3, -0.25) is 25.0 Å². The number of carbonyl (C=O) groups is 2. The number of esters is 1. The summed E-state index contributed by atoms with van der Waals surface area (Å²) in [5.74, 6) is -2.54. The molecule has 0 radical (unpaired) electrons. The van der Waals surface area contributed by atoms with E-state index >= 15 is 0 Å². The van der Waals surface area contributed by atoms with Crippen molar-refractivity contribution < 1.29 is 32.6 Å². The van der Waals surface area contributed by atoms with E-state index in [4.69, 9.17) is 4.74 Å². The molecule has 2 aromatic carbocycles. The normalized spacial score (nSPS) is 19.4. The number of carbonyl (C=O) groups excluding carboxylic acids is 2. The molecule has 12 nitrogen and oxygen atoms in total. The molecule has 0 spiro atoms. The molecule has 0 saturated carbocycles. The highest BCUT2D eigenvalue weighted by Gasteiger charge is 2.41. The molecular formula is C18H15N3O9S. The van der Waals surface area contributed by atoms with Crippen molar-refractivity contribution in [2.45, 2.75) is 12.1 Å². The molecular weight excluding hydrogens is 434 g/mol. The molecule has 1 aliphatic heterocycles. The first-order chi connectivity index (χ1) is 14.6. The van der Waals surface area contributed by atoms with E-state index in [9.17, 15) is 38.2 Å². The van der Waals surface area contributed by atoms with Crippen LogP contribution in [-0.4, -0.2) is 53.8 Å². The van der Waals surface area contributed by atoms with Gasteiger partial charge in [-0.2, -0.15) is 0 Å². The van der Waals surface area contributed by atoms with Crippen LogP contribution in [0, 0.1) is 20.2 Å². The van der Waals surface area contributed by atoms with E-state index in [1.165, 1.54) is 24.3 Å². The molecule has 1 amide bonds. The van der Waals surface area contributed by atoms with Crippen LogP contribution in [0.15, 0.2) is 48.5 Å². The van der Waals surface area contributed by atoms with Crippen molar-refractivity contribution in [3.8, 4) is 0 Å². The highest BCUT2D eigenvalue weighted by Crippen LogP contribution is 2.20. The van der Waals surface area contributed by atoms with Gasteiger partial charge < -0.3 is 10.1 Å². The van der Waals surface area contributed by atoms with Crippen LogP contribution < -0.4 is 5.32 Å². The van der Waals surface area contributed by atoms with Crippen LogP contribution in [0.2, 0.25) is 0 Å². The lowest BCUT2D eigenvalue weighted by molar-refractivity contribution is -0.385. The van der Waals surface area contributed by atoms with Crippen molar-refractivity contribution in [1.29, 1.82) is 0 Å². The number of amides is 1. The maximum atomic E-state index is 12.4. The summed E-state index contributed by atoms with van der Waals surface area (Å²) in [4.78, 5) is 44.9. The van der Waals surface area contributed by atoms with Crippen molar-refractivity contribution >= 4 is 33.1 Å². The standard InChI is InChI=1S/C18H15N3O9S/c22-17(11-1-5-13(6-2-11)20(24)25)19-15-9-31(28,29)10-16(15)30-18(23)12-3-7-14(8-4-12)21(26)27/h1-8,15-16H,9-10H2,(H,19,22). The monoisotopic (exact) mass is 449 g/mol. The number of ether oxygens (including phenoxy) is 1. The Kier molecular flexibility index (Phi) is 5.97. The number of nitro groups is 2. The van der Waals surface area contributed by atoms with Gasteiger partial charge in [-0.25, -0.2) is 13.2 Å². The van der Waals surface area contributed by atoms with E-state index in [1.54, 1.807) is 0 Å². The second-order valence-electron chi connectivity index (χ2n) is 6.71. The number of nitrogens with zero attached hydrogens (tertiary/aromatic N) is 2. The lowest BCUT2D eigenvalue weighted by Crippen LogP contribution is -2.44. The number of rotatable bonds is 6. The maximum absolute atomic E-state index is 12.4. The molecule has 1 N–H and O–H groups in total. The maximum Gasteiger partial charge on any atom is 0.338 e. The molecule has 13 heteroatoms. The Bertz CT molecular complexity index is 1060. The number of hydrogen-bond donors (Lipinski definition) is 1. The van der Waals surface area contributed by atoms with Gasteiger partial charge in [0.05, 0.1) is 33.0 Å². The molecule has 2 aromatic rings. The molecule has 0 aromatic heterocycles. The fourth-order valence-corrected chi connectivity index (χ4v) is 4.76. The van der Waals surface area contributed by atoms with Gasteiger partial charge in [0.2, 0.25) is 0 Å². The average Bonchev–Trinajstić information content (AvgIpc) is 3.00. The van der Waals surface area contributed by atoms with E-state index < -0.39 is 55.2 Å². The smallest absolute Gasteiger partial charge is 0.338 e. The predicted molar refractivity (Wildman–Crippen MR) is 105 cm³/mol. The van der Waals surface area contributed by atoms with Gasteiger partial charge in [-0.05, 0) is 24.3 Å². The number of nitrogens with one attached hydrogen (secondary N) is 1. The van der Waals surface area contributed by atoms with Gasteiger partial charge >= 0.3 is 5.97 Å². The van der Waals surface area contributed by atoms with E-state index in [-0.39, 0.29) is 22.5 Å². The SMILES string of the molecule is O=C(NC1CS(=O)(=O)CC1OC(=O)c1ccc([N+](=O)[O-])cc1)c1ccc([N+](=O)[O-])cc1. The number of benzene rings is 2. The highest BCUT2D eigenvalue weighted by molar-refractivity contribution is 7.91. The Morgan fingerprint density at radius 2 is 1.35 bits per heavy atom. The number of nitro benzene ring substituents is 2. The van der Waals surface area contributed by atoms with Crippen LogP contribution in [0.5, 0.6) is 0 Å². The van der Waals surface area contributed by atoms with Gasteiger partial charge in [0, 0.05) is 29.8 Å². The Morgan fingerprint density at radius 3 is 1.84 bits per heavy atom. The first-order valence-corrected chi connectivity index (χ1v) is 10.6. The summed E-state index contributed by atoms with van der Waals surface area (Å²) in [7, 11) is -3.61. The zero-order chi connectivity index (χ0) is 22.8. The van der Waals surface area contributed by atoms with Crippen molar-refractivity contribution in [1.82, 2.24) is 5.32 Å². The quantitative estimate of drug-likeness (QED) is 0.386. The first kappa shape index (κ1) is 21.8. The van der Waals surface area contributed by atoms with Crippen LogP contribution in [-0.2, 0) is 14.6 Å². The van der Waals surface area contributed by atoms with Gasteiger partial charge in [-0.15, -0.1) is 0 Å². The molecule has 0 bridgehead atoms. The summed E-state index contributed by atoms with van der Waals surface area (Å²) in [6, 6.07) is 8.23. The molecule has 1 fully saturated rings. The molecule has 2 unspecified atom stereocenters. The van der Waals surface area contributed by atoms with Crippen molar-refractivity contribution in [3.63, 3.8) is 0 Å². The Balaban J connectivity index is 1.71. The summed E-state index contributed by atoms with van der Waals surface area (Å²) in [6.07, 6.45) is -1.17. The predicted octanol–water partition coefficient (Wildman–Crippen LogP) is 1.26. The lowest BCUT2D eigenvalue weighted by Gasteiger charge is -2.20. The summed E-state index contributed by atoms with van der Waals surface area (Å²) >= 11 is 0. The van der Waals surface area contributed by atoms with Crippen LogP contribution in [0.1, 0.15) is 20.7 Å². The third-order valence-corrected chi connectivity index (χ3v) is 6.23. The minimum Gasteiger partial charge on any atom is -0.455 e. The molecule has 3 rings (SSSR count). The van der Waals surface area contributed by atoms with Gasteiger partial charge in [0.1, 0.15) is 6.10 Å². The van der Waals surface area contributed by atoms with Crippen molar-refractivity contribution in [2.24, 2.45) is 0 Å². The average molecular weight is 449 g/mol. The largest absolute Gasteiger partial charge is 0.455 e. The molecule has 1 saturated heterocycles. The number of non-ortho nitro benzene ring substituents is 2. The zero-order valence-corrected chi connectivity index (χ0v) is 16.5. The van der Waals surface area contributed by atoms with Gasteiger partial charge in [0.25, 0.3) is 17.3 Å². The molecule has 1 heterocycles. The Hall–Kier alpha value is -3.87. The summed E-state index contributed by atoms with van der Waals surface area (Å²) in [5.41, 5.74) is -0.395. The van der Waals surface area contributed by atoms with E-state index in [0.717, 1.165) is 24.3 Å². The Labute approximate surface area is 175 Å². The second kappa shape index (κ2) is 8.47. The topological polar surface area (TPSA) is 176 Å². The number of sulfone groups is 1. The number of hydrogen-bond acceptors (Lipinski definition) is 9. The van der Waals surface area contributed by atoms with Gasteiger partial charge in [-0.1, -0.05) is 0 Å². The molecule has 31 heavy (non-hydrogen) atoms. The summed E-state index contributed by atoms with van der Waals surface area (Å²) in [5, 5.41) is 23.9. The minimum absolute atomic E-state index is 0.0182. The molecule has 1 aliphatic rings. The lowest BCUT2D eigenvalue weighted by atomic mass is 10.1. The highest BCUT2D eigenvalue weighted by atomic mass is 32.2. The third kappa shape index (κ3) is 5.19. The van der Waals surface area contributed by atoms with Crippen molar-refractivity contribution in [3.05, 3.63) is 79.9 Å². The van der Waals surface area contributed by atoms with Crippen LogP contribution in [0.3, 0.4) is 0 Å². The molecule has 162 valence electrons. The zero-order valence-electron chi connectivity index (χ0n) is 15.7. The van der Waals surface area contributed by atoms with E-state index in [2.05, 4.69) is 5.32 Å². The fraction of sp³-hybridized carbons (Fsp3) is 0.222. The van der Waals surface area contributed by atoms with Crippen LogP contribution >= 0.6 is 0 Å². The molecule has 0 aliphatic carbocycles.